The van der Waals surface area contributed by atoms with E-state index in [0.29, 0.717) is 0 Å². The molecule has 0 atom stereocenters. The molecule has 0 aromatic heterocycles. The van der Waals surface area contributed by atoms with Crippen LogP contribution in [-0.2, 0) is 0 Å². The Balaban J connectivity index is 4.58. The molecule has 68 valence electrons. The molecule has 12 heavy (non-hydrogen) atoms. The fraction of sp³-hybridized carbons (Fsp3) is 0.400. The van der Waals surface area contributed by atoms with Crippen molar-refractivity contribution in [3.05, 3.63) is 34.2 Å². The van der Waals surface area contributed by atoms with Crippen LogP contribution in [0.15, 0.2) is 34.2 Å². The van der Waals surface area contributed by atoms with Crippen LogP contribution >= 0.6 is 11.8 Å². The van der Waals surface area contributed by atoms with Crippen LogP contribution in [-0.4, -0.2) is 7.05 Å². The fourth-order valence-electron chi connectivity index (χ4n) is 0.753. The molecule has 0 rings (SSSR count). The van der Waals surface area contributed by atoms with Crippen LogP contribution in [0, 0.1) is 0 Å². The number of nitrogens with one attached hydrogen (secondary N) is 1. The van der Waals surface area contributed by atoms with Gasteiger partial charge in [-0.25, -0.2) is 0 Å². The number of allylic oxidation sites excluding steroid dienone is 2. The van der Waals surface area contributed by atoms with Crippen molar-refractivity contribution in [2.75, 3.05) is 7.05 Å². The Morgan fingerprint density at radius 2 is 1.67 bits per heavy atom. The van der Waals surface area contributed by atoms with Gasteiger partial charge in [0.1, 0.15) is 0 Å². The van der Waals surface area contributed by atoms with Crippen LogP contribution in [0.25, 0.3) is 0 Å². The van der Waals surface area contributed by atoms with Crippen LogP contribution in [0.1, 0.15) is 20.8 Å². The molecule has 1 nitrogen and oxygen atoms in total. The quantitative estimate of drug-likeness (QED) is 0.671. The van der Waals surface area contributed by atoms with E-state index in [9.17, 15) is 0 Å². The second kappa shape index (κ2) is 5.09. The largest absolute Gasteiger partial charge is 0.388 e. The van der Waals surface area contributed by atoms with Crippen LogP contribution in [0.2, 0.25) is 0 Å². The van der Waals surface area contributed by atoms with E-state index in [4.69, 9.17) is 0 Å². The highest BCUT2D eigenvalue weighted by molar-refractivity contribution is 8.06. The Labute approximate surface area is 79.6 Å². The first-order valence-corrected chi connectivity index (χ1v) is 4.68. The standard InChI is InChI=1S/C10H17NS/c1-7(2)10(9(5)11-6)12-8(3)4/h11H,3,5H2,1-2,4,6H3. The molecule has 1 N–H and O–H groups in total. The number of hydrogen-bond acceptors (Lipinski definition) is 2. The van der Waals surface area contributed by atoms with Crippen molar-refractivity contribution in [2.45, 2.75) is 20.8 Å². The Morgan fingerprint density at radius 3 is 1.92 bits per heavy atom. The summed E-state index contributed by atoms with van der Waals surface area (Å²) in [5, 5.41) is 3.04. The summed E-state index contributed by atoms with van der Waals surface area (Å²) >= 11 is 1.66. The summed E-state index contributed by atoms with van der Waals surface area (Å²) in [6, 6.07) is 0. The molecule has 2 heteroatoms. The molecule has 0 saturated carbocycles. The highest BCUT2D eigenvalue weighted by atomic mass is 32.2. The smallest absolute Gasteiger partial charge is 0.0405 e. The summed E-state index contributed by atoms with van der Waals surface area (Å²) < 4.78 is 0. The zero-order chi connectivity index (χ0) is 9.72. The molecular weight excluding hydrogens is 166 g/mol. The number of likely N-dealkylation sites (N-methyl/N-ethyl adjacent to an activating group) is 1. The highest BCUT2D eigenvalue weighted by Gasteiger charge is 2.03. The molecule has 0 aromatic carbocycles. The lowest BCUT2D eigenvalue weighted by Crippen LogP contribution is -2.06. The molecule has 0 aliphatic carbocycles. The molecule has 0 aromatic rings. The van der Waals surface area contributed by atoms with Crippen molar-refractivity contribution in [3.63, 3.8) is 0 Å². The Morgan fingerprint density at radius 1 is 1.17 bits per heavy atom. The van der Waals surface area contributed by atoms with Gasteiger partial charge in [0.25, 0.3) is 0 Å². The van der Waals surface area contributed by atoms with Gasteiger partial charge in [-0.15, -0.1) is 0 Å². The number of rotatable bonds is 4. The van der Waals surface area contributed by atoms with E-state index in [1.54, 1.807) is 11.8 Å². The monoisotopic (exact) mass is 183 g/mol. The van der Waals surface area contributed by atoms with Crippen molar-refractivity contribution in [1.29, 1.82) is 0 Å². The van der Waals surface area contributed by atoms with Crippen molar-refractivity contribution >= 4 is 11.8 Å². The predicted octanol–water partition coefficient (Wildman–Crippen LogP) is 3.28. The average Bonchev–Trinajstić information content (AvgIpc) is 1.98. The fourth-order valence-corrected chi connectivity index (χ4v) is 1.53. The van der Waals surface area contributed by atoms with E-state index in [2.05, 4.69) is 32.3 Å². The minimum atomic E-state index is 0.961. The second-order valence-electron chi connectivity index (χ2n) is 2.86. The van der Waals surface area contributed by atoms with Crippen LogP contribution in [0.3, 0.4) is 0 Å². The summed E-state index contributed by atoms with van der Waals surface area (Å²) in [7, 11) is 1.88. The first kappa shape index (κ1) is 11.4. The Hall–Kier alpha value is -0.630. The Kier molecular flexibility index (Phi) is 4.83. The maximum Gasteiger partial charge on any atom is 0.0405 e. The van der Waals surface area contributed by atoms with Crippen LogP contribution in [0.4, 0.5) is 0 Å². The SMILES string of the molecule is C=C(C)SC(C(=C)NC)=C(C)C. The third kappa shape index (κ3) is 3.67. The molecular formula is C10H17NS. The molecule has 0 spiro atoms. The maximum atomic E-state index is 3.92. The molecule has 0 radical (unpaired) electrons. The summed E-state index contributed by atoms with van der Waals surface area (Å²) in [4.78, 5) is 2.27. The van der Waals surface area contributed by atoms with Gasteiger partial charge in [-0.3, -0.25) is 0 Å². The van der Waals surface area contributed by atoms with E-state index in [1.807, 2.05) is 14.0 Å². The number of hydrogen-bond donors (Lipinski definition) is 1. The summed E-state index contributed by atoms with van der Waals surface area (Å²) in [6.45, 7) is 13.9. The van der Waals surface area contributed by atoms with Gasteiger partial charge in [0.2, 0.25) is 0 Å². The van der Waals surface area contributed by atoms with Crippen molar-refractivity contribution in [3.8, 4) is 0 Å². The zero-order valence-corrected chi connectivity index (χ0v) is 9.14. The van der Waals surface area contributed by atoms with Crippen molar-refractivity contribution in [2.24, 2.45) is 0 Å². The third-order valence-electron chi connectivity index (χ3n) is 1.31. The van der Waals surface area contributed by atoms with Gasteiger partial charge in [-0.1, -0.05) is 30.5 Å². The van der Waals surface area contributed by atoms with Gasteiger partial charge in [-0.05, 0) is 25.7 Å². The minimum Gasteiger partial charge on any atom is -0.388 e. The van der Waals surface area contributed by atoms with E-state index in [0.717, 1.165) is 10.6 Å². The molecule has 0 aliphatic rings. The van der Waals surface area contributed by atoms with Gasteiger partial charge in [0.15, 0.2) is 0 Å². The first-order chi connectivity index (χ1) is 5.49. The maximum absolute atomic E-state index is 3.92. The Bertz CT molecular complexity index is 222. The van der Waals surface area contributed by atoms with Crippen LogP contribution in [0.5, 0.6) is 0 Å². The van der Waals surface area contributed by atoms with Crippen molar-refractivity contribution < 1.29 is 0 Å². The summed E-state index contributed by atoms with van der Waals surface area (Å²) in [5.41, 5.74) is 2.23. The normalized spacial score (nSPS) is 9.00. The predicted molar refractivity (Wildman–Crippen MR) is 59.0 cm³/mol. The van der Waals surface area contributed by atoms with Gasteiger partial charge in [0, 0.05) is 17.6 Å². The molecule has 0 heterocycles. The molecule has 0 bridgehead atoms. The van der Waals surface area contributed by atoms with Gasteiger partial charge >= 0.3 is 0 Å². The van der Waals surface area contributed by atoms with Gasteiger partial charge in [-0.2, -0.15) is 0 Å². The summed E-state index contributed by atoms with van der Waals surface area (Å²) in [5.74, 6) is 0. The van der Waals surface area contributed by atoms with Gasteiger partial charge in [0.05, 0.1) is 0 Å². The van der Waals surface area contributed by atoms with Crippen LogP contribution < -0.4 is 5.32 Å². The zero-order valence-electron chi connectivity index (χ0n) is 8.32. The van der Waals surface area contributed by atoms with E-state index < -0.39 is 0 Å². The molecule has 0 aliphatic heterocycles. The van der Waals surface area contributed by atoms with Gasteiger partial charge < -0.3 is 5.32 Å². The second-order valence-corrected chi connectivity index (χ2v) is 4.17. The lowest BCUT2D eigenvalue weighted by atomic mass is 10.3. The molecule has 0 amide bonds. The molecule has 0 unspecified atom stereocenters. The van der Waals surface area contributed by atoms with E-state index in [1.165, 1.54) is 10.5 Å². The number of thioether (sulfide) groups is 1. The lowest BCUT2D eigenvalue weighted by molar-refractivity contribution is 1.03. The average molecular weight is 183 g/mol. The topological polar surface area (TPSA) is 12.0 Å². The lowest BCUT2D eigenvalue weighted by Gasteiger charge is -2.11. The van der Waals surface area contributed by atoms with E-state index in [-0.39, 0.29) is 0 Å². The van der Waals surface area contributed by atoms with Crippen molar-refractivity contribution in [1.82, 2.24) is 5.32 Å². The van der Waals surface area contributed by atoms with E-state index >= 15 is 0 Å². The third-order valence-corrected chi connectivity index (χ3v) is 2.51. The molecule has 0 fully saturated rings. The minimum absolute atomic E-state index is 0.961. The highest BCUT2D eigenvalue weighted by Crippen LogP contribution is 2.30. The first-order valence-electron chi connectivity index (χ1n) is 3.87. The molecule has 0 saturated heterocycles. The summed E-state index contributed by atoms with van der Waals surface area (Å²) in [6.07, 6.45) is 0.